The van der Waals surface area contributed by atoms with Crippen LogP contribution >= 0.6 is 11.6 Å². The van der Waals surface area contributed by atoms with Gasteiger partial charge in [0.25, 0.3) is 5.91 Å². The van der Waals surface area contributed by atoms with Gasteiger partial charge in [-0.05, 0) is 18.2 Å². The Kier molecular flexibility index (Phi) is 4.20. The lowest BCUT2D eigenvalue weighted by Crippen LogP contribution is -2.27. The normalized spacial score (nSPS) is 13.9. The summed E-state index contributed by atoms with van der Waals surface area (Å²) < 4.78 is 32.5. The largest absolute Gasteiger partial charge is 0.482 e. The van der Waals surface area contributed by atoms with E-state index in [1.54, 1.807) is 24.4 Å². The van der Waals surface area contributed by atoms with Crippen molar-refractivity contribution in [3.8, 4) is 5.75 Å². The number of pyridine rings is 1. The molecule has 2 aromatic rings. The summed E-state index contributed by atoms with van der Waals surface area (Å²) in [6.45, 7) is -0.135. The molecular weight excluding hydrogens is 342 g/mol. The van der Waals surface area contributed by atoms with Gasteiger partial charge in [0.2, 0.25) is 10.0 Å². The highest BCUT2D eigenvalue weighted by atomic mass is 35.5. The fourth-order valence-corrected chi connectivity index (χ4v) is 3.58. The van der Waals surface area contributed by atoms with E-state index in [0.29, 0.717) is 11.4 Å². The van der Waals surface area contributed by atoms with Gasteiger partial charge in [-0.3, -0.25) is 9.78 Å². The average Bonchev–Trinajstić information content (AvgIpc) is 2.53. The second-order valence-electron chi connectivity index (χ2n) is 4.76. The fourth-order valence-electron chi connectivity index (χ4n) is 2.04. The lowest BCUT2D eigenvalue weighted by Gasteiger charge is -2.19. The Morgan fingerprint density at radius 3 is 2.91 bits per heavy atom. The summed E-state index contributed by atoms with van der Waals surface area (Å²) >= 11 is 6.03. The number of nitrogens with zero attached hydrogens (tertiary/aromatic N) is 1. The second kappa shape index (κ2) is 6.15. The average molecular weight is 354 g/mol. The van der Waals surface area contributed by atoms with E-state index in [1.807, 2.05) is 0 Å². The molecule has 23 heavy (non-hydrogen) atoms. The zero-order valence-electron chi connectivity index (χ0n) is 11.7. The molecule has 2 N–H and O–H groups in total. The molecule has 0 saturated heterocycles. The quantitative estimate of drug-likeness (QED) is 0.869. The van der Waals surface area contributed by atoms with Gasteiger partial charge in [0, 0.05) is 12.3 Å². The van der Waals surface area contributed by atoms with E-state index in [9.17, 15) is 13.2 Å². The molecule has 0 bridgehead atoms. The van der Waals surface area contributed by atoms with Crippen LogP contribution in [0.3, 0.4) is 0 Å². The van der Waals surface area contributed by atoms with Gasteiger partial charge in [0.15, 0.2) is 6.61 Å². The number of benzene rings is 1. The molecule has 0 fully saturated rings. The van der Waals surface area contributed by atoms with Gasteiger partial charge in [-0.25, -0.2) is 13.1 Å². The lowest BCUT2D eigenvalue weighted by molar-refractivity contribution is -0.118. The maximum atomic E-state index is 12.4. The number of anilines is 1. The van der Waals surface area contributed by atoms with Gasteiger partial charge in [0.1, 0.15) is 10.6 Å². The molecule has 1 aromatic heterocycles. The van der Waals surface area contributed by atoms with E-state index in [4.69, 9.17) is 16.3 Å². The van der Waals surface area contributed by atoms with Crippen molar-refractivity contribution in [1.82, 2.24) is 9.71 Å². The van der Waals surface area contributed by atoms with Crippen molar-refractivity contribution < 1.29 is 17.9 Å². The van der Waals surface area contributed by atoms with Gasteiger partial charge >= 0.3 is 0 Å². The Hall–Kier alpha value is -2.16. The van der Waals surface area contributed by atoms with Gasteiger partial charge in [-0.15, -0.1) is 0 Å². The number of carbonyl (C=O) groups is 1. The van der Waals surface area contributed by atoms with Gasteiger partial charge in [-0.1, -0.05) is 17.7 Å². The first kappa shape index (κ1) is 15.7. The standard InChI is InChI=1S/C14H12ClN3O4S/c15-10-5-11-12(22-8-14(19)18-11)6-13(10)23(20,21)17-7-9-3-1-2-4-16-9/h1-6,17H,7-8H2,(H,18,19). The number of halogens is 1. The molecular formula is C14H12ClN3O4S. The molecule has 2 heterocycles. The minimum atomic E-state index is -3.85. The molecule has 0 saturated carbocycles. The van der Waals surface area contributed by atoms with Gasteiger partial charge in [-0.2, -0.15) is 0 Å². The minimum Gasteiger partial charge on any atom is -0.482 e. The Bertz CT molecular complexity index is 856. The lowest BCUT2D eigenvalue weighted by atomic mass is 10.2. The molecule has 0 aliphatic carbocycles. The molecule has 120 valence electrons. The van der Waals surface area contributed by atoms with Crippen molar-refractivity contribution in [2.75, 3.05) is 11.9 Å². The van der Waals surface area contributed by atoms with E-state index >= 15 is 0 Å². The number of hydrogen-bond acceptors (Lipinski definition) is 5. The number of sulfonamides is 1. The summed E-state index contributed by atoms with van der Waals surface area (Å²) in [4.78, 5) is 15.2. The van der Waals surface area contributed by atoms with Crippen LogP contribution in [0.15, 0.2) is 41.4 Å². The monoisotopic (exact) mass is 353 g/mol. The summed E-state index contributed by atoms with van der Waals surface area (Å²) in [6, 6.07) is 7.85. The number of carbonyl (C=O) groups excluding carboxylic acids is 1. The zero-order valence-corrected chi connectivity index (χ0v) is 13.3. The number of hydrogen-bond donors (Lipinski definition) is 2. The van der Waals surface area contributed by atoms with Crippen LogP contribution < -0.4 is 14.8 Å². The SMILES string of the molecule is O=C1COc2cc(S(=O)(=O)NCc3ccccn3)c(Cl)cc2N1. The number of rotatable bonds is 4. The maximum Gasteiger partial charge on any atom is 0.262 e. The zero-order chi connectivity index (χ0) is 16.4. The van der Waals surface area contributed by atoms with E-state index < -0.39 is 10.0 Å². The van der Waals surface area contributed by atoms with Crippen LogP contribution in [0.25, 0.3) is 0 Å². The molecule has 0 unspecified atom stereocenters. The van der Waals surface area contributed by atoms with Crippen LogP contribution in [-0.2, 0) is 21.4 Å². The van der Waals surface area contributed by atoms with E-state index in [0.717, 1.165) is 0 Å². The third kappa shape index (κ3) is 3.44. The number of ether oxygens (including phenoxy) is 1. The smallest absolute Gasteiger partial charge is 0.262 e. The highest BCUT2D eigenvalue weighted by molar-refractivity contribution is 7.89. The van der Waals surface area contributed by atoms with Gasteiger partial charge in [0.05, 0.1) is 22.9 Å². The molecule has 7 nitrogen and oxygen atoms in total. The molecule has 0 radical (unpaired) electrons. The first-order valence-electron chi connectivity index (χ1n) is 6.61. The van der Waals surface area contributed by atoms with Crippen LogP contribution in [0.1, 0.15) is 5.69 Å². The summed E-state index contributed by atoms with van der Waals surface area (Å²) in [6.07, 6.45) is 1.58. The molecule has 9 heteroatoms. The molecule has 0 atom stereocenters. The van der Waals surface area contributed by atoms with Crippen molar-refractivity contribution in [3.63, 3.8) is 0 Å². The molecule has 1 amide bonds. The number of aromatic nitrogens is 1. The highest BCUT2D eigenvalue weighted by Crippen LogP contribution is 2.35. The van der Waals surface area contributed by atoms with Crippen LogP contribution in [-0.4, -0.2) is 25.9 Å². The Morgan fingerprint density at radius 1 is 1.35 bits per heavy atom. The summed E-state index contributed by atoms with van der Waals surface area (Å²) in [5.74, 6) is -0.0651. The summed E-state index contributed by atoms with van der Waals surface area (Å²) in [7, 11) is -3.85. The third-order valence-corrected chi connectivity index (χ3v) is 4.99. The van der Waals surface area contributed by atoms with Crippen molar-refractivity contribution in [3.05, 3.63) is 47.2 Å². The Balaban J connectivity index is 1.86. The fraction of sp³-hybridized carbons (Fsp3) is 0.143. The number of amides is 1. The number of nitrogens with one attached hydrogen (secondary N) is 2. The first-order chi connectivity index (χ1) is 11.0. The molecule has 1 aliphatic rings. The molecule has 0 spiro atoms. The van der Waals surface area contributed by atoms with E-state index in [-0.39, 0.29) is 34.7 Å². The predicted molar refractivity (Wildman–Crippen MR) is 83.8 cm³/mol. The Morgan fingerprint density at radius 2 is 2.17 bits per heavy atom. The highest BCUT2D eigenvalue weighted by Gasteiger charge is 2.24. The predicted octanol–water partition coefficient (Wildman–Crippen LogP) is 1.54. The minimum absolute atomic E-state index is 0.0110. The topological polar surface area (TPSA) is 97.4 Å². The molecule has 1 aliphatic heterocycles. The van der Waals surface area contributed by atoms with Crippen LogP contribution in [0.2, 0.25) is 5.02 Å². The molecule has 3 rings (SSSR count). The number of fused-ring (bicyclic) bond motifs is 1. The first-order valence-corrected chi connectivity index (χ1v) is 8.47. The van der Waals surface area contributed by atoms with E-state index in [1.165, 1.54) is 12.1 Å². The molecule has 1 aromatic carbocycles. The van der Waals surface area contributed by atoms with Crippen LogP contribution in [0.5, 0.6) is 5.75 Å². The van der Waals surface area contributed by atoms with Crippen molar-refractivity contribution in [2.24, 2.45) is 0 Å². The van der Waals surface area contributed by atoms with Crippen LogP contribution in [0, 0.1) is 0 Å². The van der Waals surface area contributed by atoms with Crippen LogP contribution in [0.4, 0.5) is 5.69 Å². The van der Waals surface area contributed by atoms with Crippen molar-refractivity contribution >= 4 is 33.2 Å². The summed E-state index contributed by atoms with van der Waals surface area (Å²) in [5, 5.41) is 2.55. The Labute approximate surface area is 137 Å². The summed E-state index contributed by atoms with van der Waals surface area (Å²) in [5.41, 5.74) is 0.920. The van der Waals surface area contributed by atoms with Crippen molar-refractivity contribution in [2.45, 2.75) is 11.4 Å². The van der Waals surface area contributed by atoms with E-state index in [2.05, 4.69) is 15.0 Å². The van der Waals surface area contributed by atoms with Crippen molar-refractivity contribution in [1.29, 1.82) is 0 Å². The third-order valence-electron chi connectivity index (χ3n) is 3.13. The van der Waals surface area contributed by atoms with Gasteiger partial charge < -0.3 is 10.1 Å². The maximum absolute atomic E-state index is 12.4. The second-order valence-corrected chi connectivity index (χ2v) is 6.90.